The Morgan fingerprint density at radius 2 is 2.28 bits per heavy atom. The summed E-state index contributed by atoms with van der Waals surface area (Å²) in [4.78, 5) is 0. The van der Waals surface area contributed by atoms with E-state index in [1.807, 2.05) is 18.2 Å². The number of benzene rings is 1. The lowest BCUT2D eigenvalue weighted by Crippen LogP contribution is -2.23. The largest absolute Gasteiger partial charge is 0.492 e. The molecule has 2 heterocycles. The van der Waals surface area contributed by atoms with Crippen molar-refractivity contribution in [3.05, 3.63) is 23.8 Å². The number of ether oxygens (including phenoxy) is 1. The molecule has 1 unspecified atom stereocenters. The molecule has 98 valence electrons. The molecule has 0 saturated carbocycles. The van der Waals surface area contributed by atoms with Gasteiger partial charge in [0, 0.05) is 18.3 Å². The molecular formula is C13H17NO3S. The van der Waals surface area contributed by atoms with Gasteiger partial charge in [-0.25, -0.2) is 8.42 Å². The van der Waals surface area contributed by atoms with Gasteiger partial charge in [-0.05, 0) is 30.9 Å². The van der Waals surface area contributed by atoms with Gasteiger partial charge in [-0.1, -0.05) is 6.07 Å². The summed E-state index contributed by atoms with van der Waals surface area (Å²) in [5.41, 5.74) is 2.41. The second-order valence-electron chi connectivity index (χ2n) is 4.94. The molecule has 0 spiro atoms. The first-order chi connectivity index (χ1) is 8.65. The Morgan fingerprint density at radius 3 is 3.06 bits per heavy atom. The summed E-state index contributed by atoms with van der Waals surface area (Å²) in [7, 11) is -2.91. The Morgan fingerprint density at radius 1 is 1.39 bits per heavy atom. The van der Waals surface area contributed by atoms with E-state index < -0.39 is 9.84 Å². The minimum absolute atomic E-state index is 0.279. The monoisotopic (exact) mass is 267 g/mol. The molecule has 0 bridgehead atoms. The van der Waals surface area contributed by atoms with Crippen molar-refractivity contribution in [3.63, 3.8) is 0 Å². The Kier molecular flexibility index (Phi) is 2.93. The van der Waals surface area contributed by atoms with Crippen LogP contribution < -0.4 is 10.1 Å². The van der Waals surface area contributed by atoms with Crippen LogP contribution in [0.5, 0.6) is 5.75 Å². The van der Waals surface area contributed by atoms with E-state index in [1.54, 1.807) is 0 Å². The highest BCUT2D eigenvalue weighted by Gasteiger charge is 2.31. The summed E-state index contributed by atoms with van der Waals surface area (Å²) in [6, 6.07) is 5.94. The minimum atomic E-state index is -2.91. The van der Waals surface area contributed by atoms with Crippen LogP contribution >= 0.6 is 0 Å². The highest BCUT2D eigenvalue weighted by molar-refractivity contribution is 7.92. The number of rotatable bonds is 3. The van der Waals surface area contributed by atoms with E-state index >= 15 is 0 Å². The Bertz CT molecular complexity index is 553. The van der Waals surface area contributed by atoms with Gasteiger partial charge in [0.25, 0.3) is 0 Å². The van der Waals surface area contributed by atoms with E-state index in [4.69, 9.17) is 4.74 Å². The molecule has 1 N–H and O–H groups in total. The molecule has 2 aliphatic heterocycles. The molecule has 2 aliphatic rings. The quantitative estimate of drug-likeness (QED) is 0.904. The summed E-state index contributed by atoms with van der Waals surface area (Å²) in [5.74, 6) is 1.07. The van der Waals surface area contributed by atoms with Gasteiger partial charge in [0.15, 0.2) is 9.84 Å². The standard InChI is InChI=1S/C13H17NO3S/c15-18(16)7-1-2-12(18)9-17-11-4-3-10-5-6-14-13(10)8-11/h3-4,8,12,14H,1-2,5-7,9H2. The third-order valence-corrected chi connectivity index (χ3v) is 5.94. The third kappa shape index (κ3) is 2.19. The lowest BCUT2D eigenvalue weighted by Gasteiger charge is -2.12. The first-order valence-corrected chi connectivity index (χ1v) is 8.08. The van der Waals surface area contributed by atoms with Crippen molar-refractivity contribution < 1.29 is 13.2 Å². The lowest BCUT2D eigenvalue weighted by molar-refractivity contribution is 0.311. The minimum Gasteiger partial charge on any atom is -0.492 e. The number of hydrogen-bond donors (Lipinski definition) is 1. The molecule has 1 atom stereocenters. The van der Waals surface area contributed by atoms with Gasteiger partial charge < -0.3 is 10.1 Å². The molecular weight excluding hydrogens is 250 g/mol. The average Bonchev–Trinajstić information content (AvgIpc) is 2.91. The second-order valence-corrected chi connectivity index (χ2v) is 7.34. The van der Waals surface area contributed by atoms with E-state index in [9.17, 15) is 8.42 Å². The average molecular weight is 267 g/mol. The van der Waals surface area contributed by atoms with E-state index in [0.717, 1.165) is 37.2 Å². The molecule has 0 aromatic heterocycles. The number of hydrogen-bond acceptors (Lipinski definition) is 4. The van der Waals surface area contributed by atoms with Crippen molar-refractivity contribution in [3.8, 4) is 5.75 Å². The van der Waals surface area contributed by atoms with Crippen LogP contribution in [0.25, 0.3) is 0 Å². The first kappa shape index (κ1) is 11.8. The Labute approximate surface area is 107 Å². The SMILES string of the molecule is O=S1(=O)CCCC1COc1ccc2c(c1)NCC2. The van der Waals surface area contributed by atoms with Crippen LogP contribution in [0.1, 0.15) is 18.4 Å². The molecule has 0 radical (unpaired) electrons. The molecule has 1 fully saturated rings. The number of nitrogens with one attached hydrogen (secondary N) is 1. The molecule has 1 saturated heterocycles. The smallest absolute Gasteiger partial charge is 0.156 e. The highest BCUT2D eigenvalue weighted by atomic mass is 32.2. The fourth-order valence-electron chi connectivity index (χ4n) is 2.59. The third-order valence-electron chi connectivity index (χ3n) is 3.69. The zero-order valence-corrected chi connectivity index (χ0v) is 11.0. The van der Waals surface area contributed by atoms with Crippen LogP contribution in [-0.4, -0.2) is 32.6 Å². The second kappa shape index (κ2) is 4.46. The zero-order chi connectivity index (χ0) is 12.6. The van der Waals surface area contributed by atoms with Gasteiger partial charge in [0.2, 0.25) is 0 Å². The number of fused-ring (bicyclic) bond motifs is 1. The molecule has 1 aromatic carbocycles. The maximum absolute atomic E-state index is 11.7. The predicted molar refractivity (Wildman–Crippen MR) is 70.9 cm³/mol. The van der Waals surface area contributed by atoms with Crippen molar-refractivity contribution in [1.29, 1.82) is 0 Å². The van der Waals surface area contributed by atoms with Crippen molar-refractivity contribution in [2.24, 2.45) is 0 Å². The highest BCUT2D eigenvalue weighted by Crippen LogP contribution is 2.28. The van der Waals surface area contributed by atoms with Crippen LogP contribution in [0, 0.1) is 0 Å². The number of sulfone groups is 1. The van der Waals surface area contributed by atoms with Gasteiger partial charge >= 0.3 is 0 Å². The van der Waals surface area contributed by atoms with E-state index in [2.05, 4.69) is 5.32 Å². The van der Waals surface area contributed by atoms with Crippen LogP contribution in [0.4, 0.5) is 5.69 Å². The molecule has 0 aliphatic carbocycles. The number of anilines is 1. The van der Waals surface area contributed by atoms with Gasteiger partial charge in [0.05, 0.1) is 11.0 Å². The van der Waals surface area contributed by atoms with Crippen molar-refractivity contribution in [1.82, 2.24) is 0 Å². The Hall–Kier alpha value is -1.23. The molecule has 0 amide bonds. The van der Waals surface area contributed by atoms with Crippen LogP contribution in [0.3, 0.4) is 0 Å². The fourth-order valence-corrected chi connectivity index (χ4v) is 4.30. The fraction of sp³-hybridized carbons (Fsp3) is 0.538. The van der Waals surface area contributed by atoms with Gasteiger partial charge in [-0.3, -0.25) is 0 Å². The normalized spacial score (nSPS) is 24.6. The lowest BCUT2D eigenvalue weighted by atomic mass is 10.1. The molecule has 3 rings (SSSR count). The van der Waals surface area contributed by atoms with Crippen LogP contribution in [0.15, 0.2) is 18.2 Å². The van der Waals surface area contributed by atoms with E-state index in [1.165, 1.54) is 5.56 Å². The van der Waals surface area contributed by atoms with E-state index in [-0.39, 0.29) is 11.9 Å². The summed E-state index contributed by atoms with van der Waals surface area (Å²) >= 11 is 0. The summed E-state index contributed by atoms with van der Waals surface area (Å²) in [6.07, 6.45) is 2.54. The van der Waals surface area contributed by atoms with Gasteiger partial charge in [-0.15, -0.1) is 0 Å². The maximum Gasteiger partial charge on any atom is 0.156 e. The van der Waals surface area contributed by atoms with Crippen molar-refractivity contribution in [2.45, 2.75) is 24.5 Å². The predicted octanol–water partition coefficient (Wildman–Crippen LogP) is 1.61. The first-order valence-electron chi connectivity index (χ1n) is 6.36. The van der Waals surface area contributed by atoms with Crippen LogP contribution in [0.2, 0.25) is 0 Å². The summed E-state index contributed by atoms with van der Waals surface area (Å²) < 4.78 is 29.0. The van der Waals surface area contributed by atoms with Crippen molar-refractivity contribution in [2.75, 3.05) is 24.2 Å². The summed E-state index contributed by atoms with van der Waals surface area (Å²) in [6.45, 7) is 1.25. The molecule has 18 heavy (non-hydrogen) atoms. The summed E-state index contributed by atoms with van der Waals surface area (Å²) in [5, 5.41) is 2.97. The maximum atomic E-state index is 11.7. The molecule has 4 nitrogen and oxygen atoms in total. The van der Waals surface area contributed by atoms with Crippen LogP contribution in [-0.2, 0) is 16.3 Å². The zero-order valence-electron chi connectivity index (χ0n) is 10.2. The molecule has 5 heteroatoms. The molecule has 1 aromatic rings. The topological polar surface area (TPSA) is 55.4 Å². The van der Waals surface area contributed by atoms with Gasteiger partial charge in [-0.2, -0.15) is 0 Å². The Balaban J connectivity index is 1.67. The van der Waals surface area contributed by atoms with Gasteiger partial charge in [0.1, 0.15) is 12.4 Å². The van der Waals surface area contributed by atoms with Crippen molar-refractivity contribution >= 4 is 15.5 Å². The van der Waals surface area contributed by atoms with E-state index in [0.29, 0.717) is 5.75 Å².